The number of nitro benzene ring substituents is 1. The van der Waals surface area contributed by atoms with Crippen molar-refractivity contribution in [3.63, 3.8) is 0 Å². The van der Waals surface area contributed by atoms with Gasteiger partial charge in [-0.1, -0.05) is 6.07 Å². The van der Waals surface area contributed by atoms with Crippen molar-refractivity contribution in [1.82, 2.24) is 4.90 Å². The Morgan fingerprint density at radius 2 is 1.86 bits per heavy atom. The molecule has 0 aromatic heterocycles. The molecule has 2 fully saturated rings. The molecule has 1 saturated carbocycles. The summed E-state index contributed by atoms with van der Waals surface area (Å²) in [7, 11) is 0. The zero-order valence-electron chi connectivity index (χ0n) is 10.9. The number of hydrogen-bond acceptors (Lipinski definition) is 5. The fourth-order valence-corrected chi connectivity index (χ4v) is 2.31. The summed E-state index contributed by atoms with van der Waals surface area (Å²) in [5.41, 5.74) is -0.111. The van der Waals surface area contributed by atoms with Crippen LogP contribution in [0.15, 0.2) is 24.3 Å². The van der Waals surface area contributed by atoms with Crippen LogP contribution in [0, 0.1) is 10.1 Å². The highest BCUT2D eigenvalue weighted by Gasteiger charge is 2.45. The monoisotopic (exact) mass is 289 g/mol. The van der Waals surface area contributed by atoms with Crippen LogP contribution in [0.5, 0.6) is 0 Å². The zero-order valence-corrected chi connectivity index (χ0v) is 10.9. The number of non-ortho nitro benzene ring substituents is 1. The average molecular weight is 289 g/mol. The molecule has 8 heteroatoms. The van der Waals surface area contributed by atoms with Crippen molar-refractivity contribution < 1.29 is 19.3 Å². The Balaban J connectivity index is 1.97. The fourth-order valence-electron chi connectivity index (χ4n) is 2.31. The lowest BCUT2D eigenvalue weighted by Gasteiger charge is -2.32. The third kappa shape index (κ3) is 2.24. The van der Waals surface area contributed by atoms with Crippen LogP contribution >= 0.6 is 0 Å². The summed E-state index contributed by atoms with van der Waals surface area (Å²) < 4.78 is 0. The van der Waals surface area contributed by atoms with Gasteiger partial charge in [-0.3, -0.25) is 24.6 Å². The summed E-state index contributed by atoms with van der Waals surface area (Å²) in [6, 6.07) is 4.37. The lowest BCUT2D eigenvalue weighted by Crippen LogP contribution is -2.56. The molecule has 1 heterocycles. The van der Waals surface area contributed by atoms with E-state index in [0.29, 0.717) is 0 Å². The number of nitrogens with zero attached hydrogens (tertiary/aromatic N) is 3. The van der Waals surface area contributed by atoms with Crippen molar-refractivity contribution in [3.8, 4) is 0 Å². The number of amides is 4. The number of benzene rings is 1. The SMILES string of the molecule is O=C1CC(=O)N(C2CC2)C(=O)N1c1cccc([N+](=O)[O-])c1. The van der Waals surface area contributed by atoms with Gasteiger partial charge in [0.05, 0.1) is 10.6 Å². The summed E-state index contributed by atoms with van der Waals surface area (Å²) in [6.45, 7) is 0. The molecule has 1 aliphatic heterocycles. The van der Waals surface area contributed by atoms with Crippen molar-refractivity contribution in [2.45, 2.75) is 25.3 Å². The zero-order chi connectivity index (χ0) is 15.1. The molecule has 8 nitrogen and oxygen atoms in total. The molecule has 0 spiro atoms. The first-order valence-corrected chi connectivity index (χ1v) is 6.42. The fraction of sp³-hybridized carbons (Fsp3) is 0.308. The normalized spacial score (nSPS) is 19.1. The largest absolute Gasteiger partial charge is 0.338 e. The van der Waals surface area contributed by atoms with Gasteiger partial charge in [0.1, 0.15) is 6.42 Å². The molecule has 2 aliphatic rings. The second-order valence-corrected chi connectivity index (χ2v) is 4.96. The van der Waals surface area contributed by atoms with Gasteiger partial charge in [-0.05, 0) is 18.9 Å². The molecule has 4 amide bonds. The first kappa shape index (κ1) is 13.2. The Morgan fingerprint density at radius 1 is 1.14 bits per heavy atom. The highest BCUT2D eigenvalue weighted by atomic mass is 16.6. The summed E-state index contributed by atoms with van der Waals surface area (Å²) in [4.78, 5) is 48.2. The molecule has 1 aromatic carbocycles. The molecule has 1 saturated heterocycles. The summed E-state index contributed by atoms with van der Waals surface area (Å²) >= 11 is 0. The smallest absolute Gasteiger partial charge is 0.274 e. The molecule has 3 rings (SSSR count). The van der Waals surface area contributed by atoms with Gasteiger partial charge in [0.25, 0.3) is 5.69 Å². The molecule has 1 aliphatic carbocycles. The van der Waals surface area contributed by atoms with Crippen LogP contribution in [0.4, 0.5) is 16.2 Å². The minimum atomic E-state index is -0.723. The van der Waals surface area contributed by atoms with Gasteiger partial charge in [0, 0.05) is 18.2 Å². The summed E-state index contributed by atoms with van der Waals surface area (Å²) in [6.07, 6.45) is 1.06. The first-order valence-electron chi connectivity index (χ1n) is 6.42. The van der Waals surface area contributed by atoms with E-state index in [1.54, 1.807) is 0 Å². The maximum Gasteiger partial charge on any atom is 0.338 e. The van der Waals surface area contributed by atoms with Crippen molar-refractivity contribution >= 4 is 29.2 Å². The molecule has 0 unspecified atom stereocenters. The number of carbonyl (C=O) groups is 3. The number of barbiturate groups is 1. The Bertz CT molecular complexity index is 668. The molecule has 108 valence electrons. The van der Waals surface area contributed by atoms with Gasteiger partial charge >= 0.3 is 6.03 Å². The summed E-state index contributed by atoms with van der Waals surface area (Å²) in [5.74, 6) is -1.17. The molecule has 21 heavy (non-hydrogen) atoms. The van der Waals surface area contributed by atoms with Crippen molar-refractivity contribution in [2.75, 3.05) is 4.90 Å². The van der Waals surface area contributed by atoms with Crippen LogP contribution in [0.1, 0.15) is 19.3 Å². The van der Waals surface area contributed by atoms with E-state index in [9.17, 15) is 24.5 Å². The predicted molar refractivity (Wildman–Crippen MR) is 70.5 cm³/mol. The van der Waals surface area contributed by atoms with E-state index in [1.165, 1.54) is 18.2 Å². The topological polar surface area (TPSA) is 101 Å². The van der Waals surface area contributed by atoms with Crippen LogP contribution in [0.3, 0.4) is 0 Å². The molecule has 1 aromatic rings. The van der Waals surface area contributed by atoms with E-state index in [-0.39, 0.29) is 17.4 Å². The molecule has 0 radical (unpaired) electrons. The highest BCUT2D eigenvalue weighted by molar-refractivity contribution is 6.26. The lowest BCUT2D eigenvalue weighted by atomic mass is 10.2. The van der Waals surface area contributed by atoms with Crippen LogP contribution in [-0.2, 0) is 9.59 Å². The van der Waals surface area contributed by atoms with E-state index < -0.39 is 29.2 Å². The van der Waals surface area contributed by atoms with Crippen LogP contribution in [-0.4, -0.2) is 33.7 Å². The Labute approximate surface area is 119 Å². The number of nitro groups is 1. The van der Waals surface area contributed by atoms with E-state index in [4.69, 9.17) is 0 Å². The van der Waals surface area contributed by atoms with E-state index in [0.717, 1.165) is 28.7 Å². The van der Waals surface area contributed by atoms with E-state index in [2.05, 4.69) is 0 Å². The molecule has 0 atom stereocenters. The quantitative estimate of drug-likeness (QED) is 0.476. The van der Waals surface area contributed by atoms with Gasteiger partial charge in [-0.25, -0.2) is 9.69 Å². The van der Waals surface area contributed by atoms with E-state index in [1.807, 2.05) is 0 Å². The van der Waals surface area contributed by atoms with Crippen molar-refractivity contribution in [3.05, 3.63) is 34.4 Å². The van der Waals surface area contributed by atoms with Crippen LogP contribution in [0.25, 0.3) is 0 Å². The van der Waals surface area contributed by atoms with Crippen LogP contribution in [0.2, 0.25) is 0 Å². The minimum Gasteiger partial charge on any atom is -0.274 e. The van der Waals surface area contributed by atoms with E-state index >= 15 is 0 Å². The second kappa shape index (κ2) is 4.65. The Kier molecular flexibility index (Phi) is 2.93. The second-order valence-electron chi connectivity index (χ2n) is 4.96. The lowest BCUT2D eigenvalue weighted by molar-refractivity contribution is -0.384. The molecular weight excluding hydrogens is 278 g/mol. The maximum absolute atomic E-state index is 12.3. The number of hydrogen-bond donors (Lipinski definition) is 0. The van der Waals surface area contributed by atoms with Gasteiger partial charge in [0.15, 0.2) is 0 Å². The third-order valence-corrected chi connectivity index (χ3v) is 3.43. The average Bonchev–Trinajstić information content (AvgIpc) is 3.23. The van der Waals surface area contributed by atoms with Gasteiger partial charge in [0.2, 0.25) is 11.8 Å². The standard InChI is InChI=1S/C13H11N3O5/c17-11-7-12(18)15(13(19)14(11)8-4-5-8)9-2-1-3-10(6-9)16(20)21/h1-3,6,8H,4-5,7H2. The Hall–Kier alpha value is -2.77. The third-order valence-electron chi connectivity index (χ3n) is 3.43. The van der Waals surface area contributed by atoms with Gasteiger partial charge in [-0.2, -0.15) is 0 Å². The van der Waals surface area contributed by atoms with Gasteiger partial charge in [-0.15, -0.1) is 0 Å². The minimum absolute atomic E-state index is 0.109. The maximum atomic E-state index is 12.3. The first-order chi connectivity index (χ1) is 9.99. The molecule has 0 bridgehead atoms. The predicted octanol–water partition coefficient (Wildman–Crippen LogP) is 1.44. The number of anilines is 1. The molecular formula is C13H11N3O5. The number of urea groups is 1. The van der Waals surface area contributed by atoms with Crippen molar-refractivity contribution in [2.24, 2.45) is 0 Å². The van der Waals surface area contributed by atoms with Crippen molar-refractivity contribution in [1.29, 1.82) is 0 Å². The number of rotatable bonds is 3. The van der Waals surface area contributed by atoms with Crippen LogP contribution < -0.4 is 4.90 Å². The Morgan fingerprint density at radius 3 is 2.48 bits per heavy atom. The number of imide groups is 2. The number of carbonyl (C=O) groups excluding carboxylic acids is 3. The molecule has 0 N–H and O–H groups in total. The summed E-state index contributed by atoms with van der Waals surface area (Å²) in [5, 5.41) is 10.8. The van der Waals surface area contributed by atoms with Gasteiger partial charge < -0.3 is 0 Å². The highest BCUT2D eigenvalue weighted by Crippen LogP contribution is 2.33.